The van der Waals surface area contributed by atoms with E-state index in [2.05, 4.69) is 30.3 Å². The van der Waals surface area contributed by atoms with Gasteiger partial charge in [0, 0.05) is 10.9 Å². The first-order valence-corrected chi connectivity index (χ1v) is 6.87. The van der Waals surface area contributed by atoms with E-state index in [0.717, 1.165) is 28.0 Å². The highest BCUT2D eigenvalue weighted by atomic mass is 16.5. The number of fused-ring (bicyclic) bond motifs is 3. The van der Waals surface area contributed by atoms with Gasteiger partial charge in [0.1, 0.15) is 5.75 Å². The molecule has 0 aliphatic carbocycles. The van der Waals surface area contributed by atoms with Crippen molar-refractivity contribution < 1.29 is 4.74 Å². The standard InChI is InChI=1S/C18H14N2O/c1-21-16-7-4-6-14(11-16)17-12-15-10-9-13-5-2-3-8-18(13)20(15)19-17/h2-12H,1H3. The average Bonchev–Trinajstić information content (AvgIpc) is 2.99. The highest BCUT2D eigenvalue weighted by Gasteiger charge is 2.07. The molecule has 21 heavy (non-hydrogen) atoms. The number of methoxy groups -OCH3 is 1. The van der Waals surface area contributed by atoms with E-state index in [1.807, 2.05) is 40.9 Å². The number of aromatic nitrogens is 2. The Labute approximate surface area is 122 Å². The quantitative estimate of drug-likeness (QED) is 0.548. The van der Waals surface area contributed by atoms with Crippen LogP contribution in [0.3, 0.4) is 0 Å². The van der Waals surface area contributed by atoms with Gasteiger partial charge in [-0.3, -0.25) is 0 Å². The van der Waals surface area contributed by atoms with Crippen molar-refractivity contribution in [3.63, 3.8) is 0 Å². The fourth-order valence-electron chi connectivity index (χ4n) is 2.63. The van der Waals surface area contributed by atoms with E-state index in [0.29, 0.717) is 0 Å². The molecule has 0 radical (unpaired) electrons. The van der Waals surface area contributed by atoms with Crippen LogP contribution in [0.5, 0.6) is 5.75 Å². The number of hydrogen-bond donors (Lipinski definition) is 0. The van der Waals surface area contributed by atoms with E-state index in [4.69, 9.17) is 9.84 Å². The van der Waals surface area contributed by atoms with E-state index in [-0.39, 0.29) is 0 Å². The molecular formula is C18H14N2O. The molecule has 0 spiro atoms. The Kier molecular flexibility index (Phi) is 2.64. The zero-order chi connectivity index (χ0) is 14.2. The number of para-hydroxylation sites is 1. The molecule has 4 rings (SSSR count). The number of ether oxygens (including phenoxy) is 1. The summed E-state index contributed by atoms with van der Waals surface area (Å²) >= 11 is 0. The number of hydrogen-bond acceptors (Lipinski definition) is 2. The van der Waals surface area contributed by atoms with Gasteiger partial charge >= 0.3 is 0 Å². The molecule has 2 heterocycles. The van der Waals surface area contributed by atoms with Crippen molar-refractivity contribution in [2.24, 2.45) is 0 Å². The molecule has 0 bridgehead atoms. The first-order valence-electron chi connectivity index (χ1n) is 6.87. The van der Waals surface area contributed by atoms with Crippen molar-refractivity contribution in [3.8, 4) is 17.0 Å². The molecule has 3 nitrogen and oxygen atoms in total. The van der Waals surface area contributed by atoms with Crippen LogP contribution in [-0.2, 0) is 0 Å². The molecule has 0 fully saturated rings. The summed E-state index contributed by atoms with van der Waals surface area (Å²) < 4.78 is 7.28. The molecular weight excluding hydrogens is 260 g/mol. The lowest BCUT2D eigenvalue weighted by molar-refractivity contribution is 0.415. The number of benzene rings is 2. The highest BCUT2D eigenvalue weighted by Crippen LogP contribution is 2.25. The third kappa shape index (κ3) is 1.94. The predicted molar refractivity (Wildman–Crippen MR) is 84.7 cm³/mol. The van der Waals surface area contributed by atoms with Crippen LogP contribution in [0.25, 0.3) is 27.7 Å². The Bertz CT molecular complexity index is 940. The Balaban J connectivity index is 1.96. The van der Waals surface area contributed by atoms with Gasteiger partial charge in [0.15, 0.2) is 0 Å². The van der Waals surface area contributed by atoms with Gasteiger partial charge < -0.3 is 4.74 Å². The first-order chi connectivity index (χ1) is 10.3. The fraction of sp³-hybridized carbons (Fsp3) is 0.0556. The number of pyridine rings is 1. The molecule has 0 saturated carbocycles. The van der Waals surface area contributed by atoms with Crippen LogP contribution in [0.2, 0.25) is 0 Å². The molecule has 0 amide bonds. The number of nitrogens with zero attached hydrogens (tertiary/aromatic N) is 2. The van der Waals surface area contributed by atoms with Crippen molar-refractivity contribution in [2.75, 3.05) is 7.11 Å². The Morgan fingerprint density at radius 1 is 0.905 bits per heavy atom. The van der Waals surface area contributed by atoms with E-state index in [9.17, 15) is 0 Å². The molecule has 0 aliphatic heterocycles. The molecule has 2 aromatic carbocycles. The zero-order valence-electron chi connectivity index (χ0n) is 11.7. The smallest absolute Gasteiger partial charge is 0.119 e. The summed E-state index contributed by atoms with van der Waals surface area (Å²) in [6, 6.07) is 22.6. The molecule has 0 unspecified atom stereocenters. The van der Waals surface area contributed by atoms with Crippen molar-refractivity contribution in [1.29, 1.82) is 0 Å². The largest absolute Gasteiger partial charge is 0.497 e. The van der Waals surface area contributed by atoms with E-state index in [1.54, 1.807) is 7.11 Å². The van der Waals surface area contributed by atoms with Crippen LogP contribution < -0.4 is 4.74 Å². The maximum Gasteiger partial charge on any atom is 0.119 e. The molecule has 3 heteroatoms. The SMILES string of the molecule is COc1cccc(-c2cc3ccc4ccccc4n3n2)c1. The third-order valence-electron chi connectivity index (χ3n) is 3.70. The Morgan fingerprint density at radius 3 is 2.71 bits per heavy atom. The van der Waals surface area contributed by atoms with Crippen LogP contribution in [0.15, 0.2) is 66.7 Å². The van der Waals surface area contributed by atoms with E-state index >= 15 is 0 Å². The van der Waals surface area contributed by atoms with Gasteiger partial charge in [-0.25, -0.2) is 4.52 Å². The van der Waals surface area contributed by atoms with E-state index < -0.39 is 0 Å². The summed E-state index contributed by atoms with van der Waals surface area (Å²) in [7, 11) is 1.68. The van der Waals surface area contributed by atoms with Crippen molar-refractivity contribution in [1.82, 2.24) is 9.61 Å². The number of rotatable bonds is 2. The molecule has 4 aromatic rings. The van der Waals surface area contributed by atoms with Crippen molar-refractivity contribution >= 4 is 16.4 Å². The zero-order valence-corrected chi connectivity index (χ0v) is 11.7. The van der Waals surface area contributed by atoms with Crippen molar-refractivity contribution in [2.45, 2.75) is 0 Å². The second-order valence-corrected chi connectivity index (χ2v) is 4.99. The fourth-order valence-corrected chi connectivity index (χ4v) is 2.63. The normalized spacial score (nSPS) is 11.1. The second-order valence-electron chi connectivity index (χ2n) is 4.99. The van der Waals surface area contributed by atoms with Gasteiger partial charge in [-0.1, -0.05) is 36.4 Å². The Morgan fingerprint density at radius 2 is 1.81 bits per heavy atom. The molecule has 102 valence electrons. The van der Waals surface area contributed by atoms with Gasteiger partial charge in [-0.15, -0.1) is 0 Å². The summed E-state index contributed by atoms with van der Waals surface area (Å²) in [4.78, 5) is 0. The minimum absolute atomic E-state index is 0.842. The third-order valence-corrected chi connectivity index (χ3v) is 3.70. The maximum absolute atomic E-state index is 5.29. The topological polar surface area (TPSA) is 26.5 Å². The van der Waals surface area contributed by atoms with Crippen LogP contribution in [-0.4, -0.2) is 16.7 Å². The van der Waals surface area contributed by atoms with E-state index in [1.165, 1.54) is 5.39 Å². The van der Waals surface area contributed by atoms with Gasteiger partial charge in [0.2, 0.25) is 0 Å². The van der Waals surface area contributed by atoms with Gasteiger partial charge in [-0.05, 0) is 30.3 Å². The Hall–Kier alpha value is -2.81. The molecule has 2 aromatic heterocycles. The van der Waals surface area contributed by atoms with Crippen LogP contribution in [0, 0.1) is 0 Å². The van der Waals surface area contributed by atoms with Gasteiger partial charge in [0.25, 0.3) is 0 Å². The average molecular weight is 274 g/mol. The maximum atomic E-state index is 5.29. The summed E-state index contributed by atoms with van der Waals surface area (Å²) in [5.74, 6) is 0.842. The van der Waals surface area contributed by atoms with Gasteiger partial charge in [0.05, 0.1) is 23.8 Å². The van der Waals surface area contributed by atoms with Crippen molar-refractivity contribution in [3.05, 3.63) is 66.7 Å². The highest BCUT2D eigenvalue weighted by molar-refractivity contribution is 5.83. The first kappa shape index (κ1) is 12.0. The second kappa shape index (κ2) is 4.63. The monoisotopic (exact) mass is 274 g/mol. The van der Waals surface area contributed by atoms with Gasteiger partial charge in [-0.2, -0.15) is 5.10 Å². The molecule has 0 N–H and O–H groups in total. The molecule has 0 saturated heterocycles. The van der Waals surface area contributed by atoms with Crippen LogP contribution in [0.4, 0.5) is 0 Å². The molecule has 0 aliphatic rings. The predicted octanol–water partition coefficient (Wildman–Crippen LogP) is 4.16. The van der Waals surface area contributed by atoms with Crippen LogP contribution in [0.1, 0.15) is 0 Å². The van der Waals surface area contributed by atoms with Crippen LogP contribution >= 0.6 is 0 Å². The minimum Gasteiger partial charge on any atom is -0.497 e. The lowest BCUT2D eigenvalue weighted by Gasteiger charge is -2.01. The lowest BCUT2D eigenvalue weighted by atomic mass is 10.1. The summed E-state index contributed by atoms with van der Waals surface area (Å²) in [6.07, 6.45) is 0. The summed E-state index contributed by atoms with van der Waals surface area (Å²) in [6.45, 7) is 0. The summed E-state index contributed by atoms with van der Waals surface area (Å²) in [5.41, 5.74) is 4.21. The summed E-state index contributed by atoms with van der Waals surface area (Å²) in [5, 5.41) is 5.93. The minimum atomic E-state index is 0.842. The lowest BCUT2D eigenvalue weighted by Crippen LogP contribution is -1.90. The molecule has 0 atom stereocenters.